The van der Waals surface area contributed by atoms with Crippen LogP contribution in [0.3, 0.4) is 0 Å². The lowest BCUT2D eigenvalue weighted by Gasteiger charge is -2.28. The summed E-state index contributed by atoms with van der Waals surface area (Å²) < 4.78 is 5.95. The van der Waals surface area contributed by atoms with Crippen molar-refractivity contribution in [2.24, 2.45) is 5.73 Å². The lowest BCUT2D eigenvalue weighted by molar-refractivity contribution is 0.199. The van der Waals surface area contributed by atoms with Gasteiger partial charge < -0.3 is 10.5 Å². The van der Waals surface area contributed by atoms with Gasteiger partial charge in [0.1, 0.15) is 24.0 Å². The van der Waals surface area contributed by atoms with Crippen molar-refractivity contribution in [1.82, 2.24) is 0 Å². The Labute approximate surface area is 131 Å². The SMILES string of the molecule is CCSc1cccc(OCC2(N)CCCCCC2)c1C#N. The molecule has 1 aliphatic rings. The zero-order valence-corrected chi connectivity index (χ0v) is 13.5. The van der Waals surface area contributed by atoms with Crippen molar-refractivity contribution < 1.29 is 4.74 Å². The van der Waals surface area contributed by atoms with Crippen LogP contribution in [0.2, 0.25) is 0 Å². The number of rotatable bonds is 5. The minimum Gasteiger partial charge on any atom is -0.490 e. The van der Waals surface area contributed by atoms with E-state index in [1.54, 1.807) is 11.8 Å². The zero-order valence-electron chi connectivity index (χ0n) is 12.7. The minimum absolute atomic E-state index is 0.239. The molecule has 114 valence electrons. The monoisotopic (exact) mass is 304 g/mol. The van der Waals surface area contributed by atoms with Gasteiger partial charge in [-0.05, 0) is 30.7 Å². The molecule has 1 aromatic carbocycles. The number of ether oxygens (including phenoxy) is 1. The number of benzene rings is 1. The van der Waals surface area contributed by atoms with Gasteiger partial charge in [0, 0.05) is 4.90 Å². The lowest BCUT2D eigenvalue weighted by Crippen LogP contribution is -2.45. The Kier molecular flexibility index (Phi) is 5.96. The summed E-state index contributed by atoms with van der Waals surface area (Å²) in [6, 6.07) is 8.07. The van der Waals surface area contributed by atoms with Crippen molar-refractivity contribution >= 4 is 11.8 Å². The second-order valence-electron chi connectivity index (χ2n) is 5.74. The third-order valence-electron chi connectivity index (χ3n) is 4.01. The average molecular weight is 304 g/mol. The highest BCUT2D eigenvalue weighted by Gasteiger charge is 2.27. The van der Waals surface area contributed by atoms with Crippen molar-refractivity contribution in [3.8, 4) is 11.8 Å². The molecule has 2 rings (SSSR count). The molecule has 0 saturated heterocycles. The van der Waals surface area contributed by atoms with Crippen LogP contribution in [0.25, 0.3) is 0 Å². The Bertz CT molecular complexity index is 502. The maximum Gasteiger partial charge on any atom is 0.138 e. The van der Waals surface area contributed by atoms with E-state index in [1.165, 1.54) is 25.7 Å². The summed E-state index contributed by atoms with van der Waals surface area (Å²) in [5.74, 6) is 1.61. The topological polar surface area (TPSA) is 59.0 Å². The highest BCUT2D eigenvalue weighted by Crippen LogP contribution is 2.31. The fourth-order valence-electron chi connectivity index (χ4n) is 2.82. The number of hydrogen-bond donors (Lipinski definition) is 1. The van der Waals surface area contributed by atoms with E-state index >= 15 is 0 Å². The largest absolute Gasteiger partial charge is 0.490 e. The molecule has 3 nitrogen and oxygen atoms in total. The van der Waals surface area contributed by atoms with Crippen LogP contribution in [-0.4, -0.2) is 17.9 Å². The molecule has 0 aliphatic heterocycles. The zero-order chi connectivity index (χ0) is 15.1. The van der Waals surface area contributed by atoms with Gasteiger partial charge in [0.15, 0.2) is 0 Å². The summed E-state index contributed by atoms with van der Waals surface area (Å²) in [6.07, 6.45) is 6.92. The third-order valence-corrected chi connectivity index (χ3v) is 4.95. The van der Waals surface area contributed by atoms with Crippen molar-refractivity contribution in [3.05, 3.63) is 23.8 Å². The number of nitrogens with two attached hydrogens (primary N) is 1. The lowest BCUT2D eigenvalue weighted by atomic mass is 9.92. The first kappa shape index (κ1) is 16.2. The van der Waals surface area contributed by atoms with Gasteiger partial charge >= 0.3 is 0 Å². The molecule has 0 unspecified atom stereocenters. The number of thioether (sulfide) groups is 1. The second-order valence-corrected chi connectivity index (χ2v) is 7.05. The van der Waals surface area contributed by atoms with E-state index in [1.807, 2.05) is 18.2 Å². The van der Waals surface area contributed by atoms with Crippen LogP contribution in [0.4, 0.5) is 0 Å². The van der Waals surface area contributed by atoms with Crippen LogP contribution < -0.4 is 10.5 Å². The normalized spacial score (nSPS) is 17.8. The highest BCUT2D eigenvalue weighted by atomic mass is 32.2. The fraction of sp³-hybridized carbons (Fsp3) is 0.588. The molecule has 0 spiro atoms. The Morgan fingerprint density at radius 1 is 1.29 bits per heavy atom. The molecule has 1 saturated carbocycles. The Hall–Kier alpha value is -1.18. The maximum absolute atomic E-state index is 9.40. The quantitative estimate of drug-likeness (QED) is 0.657. The molecular weight excluding hydrogens is 280 g/mol. The van der Waals surface area contributed by atoms with E-state index < -0.39 is 0 Å². The summed E-state index contributed by atoms with van der Waals surface area (Å²) in [6.45, 7) is 2.59. The van der Waals surface area contributed by atoms with E-state index in [4.69, 9.17) is 10.5 Å². The van der Waals surface area contributed by atoms with E-state index in [2.05, 4.69) is 13.0 Å². The van der Waals surface area contributed by atoms with Gasteiger partial charge in [0.25, 0.3) is 0 Å². The first-order chi connectivity index (χ1) is 10.2. The van der Waals surface area contributed by atoms with Gasteiger partial charge in [-0.15, -0.1) is 11.8 Å². The van der Waals surface area contributed by atoms with Crippen LogP contribution in [0.15, 0.2) is 23.1 Å². The Morgan fingerprint density at radius 3 is 2.62 bits per heavy atom. The predicted octanol–water partition coefficient (Wildman–Crippen LogP) is 4.10. The first-order valence-corrected chi connectivity index (χ1v) is 8.75. The first-order valence-electron chi connectivity index (χ1n) is 7.76. The molecule has 1 aliphatic carbocycles. The predicted molar refractivity (Wildman–Crippen MR) is 87.7 cm³/mol. The van der Waals surface area contributed by atoms with E-state index in [0.29, 0.717) is 17.9 Å². The molecule has 4 heteroatoms. The van der Waals surface area contributed by atoms with Crippen molar-refractivity contribution in [2.45, 2.75) is 55.9 Å². The van der Waals surface area contributed by atoms with Gasteiger partial charge in [-0.1, -0.05) is 38.7 Å². The molecule has 0 heterocycles. The van der Waals surface area contributed by atoms with Crippen molar-refractivity contribution in [2.75, 3.05) is 12.4 Å². The number of nitriles is 1. The van der Waals surface area contributed by atoms with Crippen LogP contribution >= 0.6 is 11.8 Å². The van der Waals surface area contributed by atoms with E-state index in [9.17, 15) is 5.26 Å². The summed E-state index contributed by atoms with van der Waals surface area (Å²) in [4.78, 5) is 0.990. The average Bonchev–Trinajstić information content (AvgIpc) is 2.71. The summed E-state index contributed by atoms with van der Waals surface area (Å²) in [5, 5.41) is 9.40. The molecule has 21 heavy (non-hydrogen) atoms. The standard InChI is InChI=1S/C17H24N2OS/c1-2-21-16-9-7-8-15(14(16)12-18)20-13-17(19)10-5-3-4-6-11-17/h7-9H,2-6,10-11,13,19H2,1H3. The molecule has 0 radical (unpaired) electrons. The van der Waals surface area contributed by atoms with E-state index in [0.717, 1.165) is 23.5 Å². The van der Waals surface area contributed by atoms with Crippen LogP contribution in [-0.2, 0) is 0 Å². The molecule has 0 aromatic heterocycles. The molecule has 0 amide bonds. The molecule has 0 bridgehead atoms. The van der Waals surface area contributed by atoms with Gasteiger partial charge in [0.2, 0.25) is 0 Å². The molecule has 2 N–H and O–H groups in total. The van der Waals surface area contributed by atoms with Gasteiger partial charge in [-0.2, -0.15) is 5.26 Å². The molecule has 0 atom stereocenters. The van der Waals surface area contributed by atoms with Crippen LogP contribution in [0.1, 0.15) is 51.0 Å². The van der Waals surface area contributed by atoms with Crippen LogP contribution in [0, 0.1) is 11.3 Å². The maximum atomic E-state index is 9.40. The Morgan fingerprint density at radius 2 is 2.00 bits per heavy atom. The van der Waals surface area contributed by atoms with Gasteiger partial charge in [0.05, 0.1) is 5.54 Å². The van der Waals surface area contributed by atoms with Crippen LogP contribution in [0.5, 0.6) is 5.75 Å². The smallest absolute Gasteiger partial charge is 0.138 e. The van der Waals surface area contributed by atoms with Gasteiger partial charge in [-0.3, -0.25) is 0 Å². The molecular formula is C17H24N2OS. The molecule has 1 fully saturated rings. The number of hydrogen-bond acceptors (Lipinski definition) is 4. The Balaban J connectivity index is 2.09. The van der Waals surface area contributed by atoms with Crippen molar-refractivity contribution in [1.29, 1.82) is 5.26 Å². The fourth-order valence-corrected chi connectivity index (χ4v) is 3.59. The van der Waals surface area contributed by atoms with Crippen molar-refractivity contribution in [3.63, 3.8) is 0 Å². The highest BCUT2D eigenvalue weighted by molar-refractivity contribution is 7.99. The summed E-state index contributed by atoms with van der Waals surface area (Å²) in [7, 11) is 0. The number of nitrogens with zero attached hydrogens (tertiary/aromatic N) is 1. The third kappa shape index (κ3) is 4.39. The second kappa shape index (κ2) is 7.72. The molecule has 1 aromatic rings. The summed E-state index contributed by atoms with van der Waals surface area (Å²) in [5.41, 5.74) is 6.88. The van der Waals surface area contributed by atoms with E-state index in [-0.39, 0.29) is 5.54 Å². The minimum atomic E-state index is -0.239. The van der Waals surface area contributed by atoms with Gasteiger partial charge in [-0.25, -0.2) is 0 Å². The summed E-state index contributed by atoms with van der Waals surface area (Å²) >= 11 is 1.67.